The van der Waals surface area contributed by atoms with E-state index in [1.807, 2.05) is 45.0 Å². The Hall–Kier alpha value is -2.36. The van der Waals surface area contributed by atoms with Gasteiger partial charge in [-0.1, -0.05) is 24.3 Å². The predicted octanol–water partition coefficient (Wildman–Crippen LogP) is 4.03. The van der Waals surface area contributed by atoms with Crippen molar-refractivity contribution in [2.75, 3.05) is 0 Å². The third kappa shape index (κ3) is 5.40. The SMILES string of the molecule is CC(C)Oc1ccc(C(C)NC(=O)Cc2ccc(F)cc2)cc1. The van der Waals surface area contributed by atoms with Crippen LogP contribution in [0.4, 0.5) is 4.39 Å². The molecule has 2 aromatic rings. The van der Waals surface area contributed by atoms with Gasteiger partial charge in [0.25, 0.3) is 0 Å². The van der Waals surface area contributed by atoms with Crippen molar-refractivity contribution in [2.45, 2.75) is 39.3 Å². The number of ether oxygens (including phenoxy) is 1. The van der Waals surface area contributed by atoms with Crippen molar-refractivity contribution in [1.29, 1.82) is 0 Å². The first-order valence-corrected chi connectivity index (χ1v) is 7.74. The summed E-state index contributed by atoms with van der Waals surface area (Å²) in [6, 6.07) is 13.6. The van der Waals surface area contributed by atoms with E-state index in [-0.39, 0.29) is 30.3 Å². The summed E-state index contributed by atoms with van der Waals surface area (Å²) in [5, 5.41) is 2.95. The van der Waals surface area contributed by atoms with Crippen molar-refractivity contribution < 1.29 is 13.9 Å². The second kappa shape index (κ2) is 7.77. The van der Waals surface area contributed by atoms with E-state index < -0.39 is 0 Å². The molecule has 1 unspecified atom stereocenters. The van der Waals surface area contributed by atoms with Gasteiger partial charge in [0.1, 0.15) is 11.6 Å². The van der Waals surface area contributed by atoms with Gasteiger partial charge in [-0.15, -0.1) is 0 Å². The van der Waals surface area contributed by atoms with Gasteiger partial charge < -0.3 is 10.1 Å². The lowest BCUT2D eigenvalue weighted by atomic mass is 10.1. The van der Waals surface area contributed by atoms with Crippen molar-refractivity contribution in [1.82, 2.24) is 5.32 Å². The van der Waals surface area contributed by atoms with Crippen LogP contribution in [0.15, 0.2) is 48.5 Å². The van der Waals surface area contributed by atoms with Crippen molar-refractivity contribution >= 4 is 5.91 Å². The molecular formula is C19H22FNO2. The molecule has 1 amide bonds. The van der Waals surface area contributed by atoms with Crippen LogP contribution in [0.5, 0.6) is 5.75 Å². The van der Waals surface area contributed by atoms with Crippen LogP contribution in [0.2, 0.25) is 0 Å². The Morgan fingerprint density at radius 3 is 2.22 bits per heavy atom. The fourth-order valence-corrected chi connectivity index (χ4v) is 2.27. The van der Waals surface area contributed by atoms with Crippen LogP contribution in [-0.4, -0.2) is 12.0 Å². The maximum absolute atomic E-state index is 12.9. The van der Waals surface area contributed by atoms with Gasteiger partial charge >= 0.3 is 0 Å². The lowest BCUT2D eigenvalue weighted by Crippen LogP contribution is -2.28. The fraction of sp³-hybridized carbons (Fsp3) is 0.316. The average Bonchev–Trinajstić information content (AvgIpc) is 2.49. The highest BCUT2D eigenvalue weighted by atomic mass is 19.1. The Morgan fingerprint density at radius 2 is 1.65 bits per heavy atom. The molecule has 4 heteroatoms. The maximum atomic E-state index is 12.9. The zero-order valence-corrected chi connectivity index (χ0v) is 13.7. The minimum Gasteiger partial charge on any atom is -0.491 e. The summed E-state index contributed by atoms with van der Waals surface area (Å²) < 4.78 is 18.5. The fourth-order valence-electron chi connectivity index (χ4n) is 2.27. The molecule has 0 fully saturated rings. The third-order valence-electron chi connectivity index (χ3n) is 3.41. The number of carbonyl (C=O) groups is 1. The molecule has 1 atom stereocenters. The molecule has 0 aliphatic carbocycles. The first-order valence-electron chi connectivity index (χ1n) is 7.74. The van der Waals surface area contributed by atoms with Crippen LogP contribution in [0.25, 0.3) is 0 Å². The van der Waals surface area contributed by atoms with E-state index in [1.54, 1.807) is 12.1 Å². The molecule has 0 aliphatic rings. The summed E-state index contributed by atoms with van der Waals surface area (Å²) in [6.45, 7) is 5.89. The van der Waals surface area contributed by atoms with Gasteiger partial charge in [0.05, 0.1) is 18.6 Å². The number of benzene rings is 2. The lowest BCUT2D eigenvalue weighted by Gasteiger charge is -2.16. The van der Waals surface area contributed by atoms with Crippen LogP contribution in [0.1, 0.15) is 37.9 Å². The quantitative estimate of drug-likeness (QED) is 0.874. The summed E-state index contributed by atoms with van der Waals surface area (Å²) >= 11 is 0. The minimum absolute atomic E-state index is 0.0911. The van der Waals surface area contributed by atoms with Crippen LogP contribution in [0, 0.1) is 5.82 Å². The van der Waals surface area contributed by atoms with Gasteiger partial charge in [0.2, 0.25) is 5.91 Å². The Kier molecular flexibility index (Phi) is 5.74. The molecule has 0 radical (unpaired) electrons. The summed E-state index contributed by atoms with van der Waals surface area (Å²) in [5.41, 5.74) is 1.80. The smallest absolute Gasteiger partial charge is 0.224 e. The number of halogens is 1. The van der Waals surface area contributed by atoms with Gasteiger partial charge in [-0.2, -0.15) is 0 Å². The van der Waals surface area contributed by atoms with E-state index >= 15 is 0 Å². The molecule has 23 heavy (non-hydrogen) atoms. The highest BCUT2D eigenvalue weighted by Crippen LogP contribution is 2.18. The number of carbonyl (C=O) groups excluding carboxylic acids is 1. The molecule has 2 rings (SSSR count). The van der Waals surface area contributed by atoms with Gasteiger partial charge in [-0.05, 0) is 56.2 Å². The monoisotopic (exact) mass is 315 g/mol. The van der Waals surface area contributed by atoms with Crippen LogP contribution < -0.4 is 10.1 Å². The van der Waals surface area contributed by atoms with E-state index in [1.165, 1.54) is 12.1 Å². The number of hydrogen-bond acceptors (Lipinski definition) is 2. The van der Waals surface area contributed by atoms with E-state index in [9.17, 15) is 9.18 Å². The van der Waals surface area contributed by atoms with Crippen molar-refractivity contribution in [3.05, 3.63) is 65.5 Å². The van der Waals surface area contributed by atoms with Crippen molar-refractivity contribution in [3.8, 4) is 5.75 Å². The second-order valence-corrected chi connectivity index (χ2v) is 5.83. The third-order valence-corrected chi connectivity index (χ3v) is 3.41. The molecule has 3 nitrogen and oxygen atoms in total. The molecule has 0 saturated heterocycles. The summed E-state index contributed by atoms with van der Waals surface area (Å²) in [4.78, 5) is 12.1. The van der Waals surface area contributed by atoms with E-state index in [0.29, 0.717) is 0 Å². The predicted molar refractivity (Wildman–Crippen MR) is 88.9 cm³/mol. The highest BCUT2D eigenvalue weighted by Gasteiger charge is 2.10. The first-order chi connectivity index (χ1) is 10.9. The molecule has 2 aromatic carbocycles. The van der Waals surface area contributed by atoms with Crippen LogP contribution >= 0.6 is 0 Å². The van der Waals surface area contributed by atoms with Crippen molar-refractivity contribution in [2.24, 2.45) is 0 Å². The number of rotatable bonds is 6. The highest BCUT2D eigenvalue weighted by molar-refractivity contribution is 5.79. The standard InChI is InChI=1S/C19H22FNO2/c1-13(2)23-18-10-6-16(7-11-18)14(3)21-19(22)12-15-4-8-17(20)9-5-15/h4-11,13-14H,12H2,1-3H3,(H,21,22). The molecule has 122 valence electrons. The molecule has 0 saturated carbocycles. The second-order valence-electron chi connectivity index (χ2n) is 5.83. The molecule has 1 N–H and O–H groups in total. The number of amides is 1. The molecule has 0 aromatic heterocycles. The normalized spacial score (nSPS) is 12.0. The van der Waals surface area contributed by atoms with Gasteiger partial charge in [-0.25, -0.2) is 4.39 Å². The zero-order chi connectivity index (χ0) is 16.8. The zero-order valence-electron chi connectivity index (χ0n) is 13.7. The molecule has 0 bridgehead atoms. The Bertz CT molecular complexity index is 635. The maximum Gasteiger partial charge on any atom is 0.224 e. The van der Waals surface area contributed by atoms with E-state index in [0.717, 1.165) is 16.9 Å². The molecule has 0 spiro atoms. The van der Waals surface area contributed by atoms with Gasteiger partial charge in [0, 0.05) is 0 Å². The van der Waals surface area contributed by atoms with E-state index in [4.69, 9.17) is 4.74 Å². The summed E-state index contributed by atoms with van der Waals surface area (Å²) in [7, 11) is 0. The first kappa shape index (κ1) is 17.0. The minimum atomic E-state index is -0.300. The Labute approximate surface area is 136 Å². The van der Waals surface area contributed by atoms with Gasteiger partial charge in [0.15, 0.2) is 0 Å². The number of hydrogen-bond donors (Lipinski definition) is 1. The average molecular weight is 315 g/mol. The van der Waals surface area contributed by atoms with Crippen LogP contribution in [0.3, 0.4) is 0 Å². The topological polar surface area (TPSA) is 38.3 Å². The Morgan fingerprint density at radius 1 is 1.04 bits per heavy atom. The molecule has 0 aliphatic heterocycles. The van der Waals surface area contributed by atoms with Crippen molar-refractivity contribution in [3.63, 3.8) is 0 Å². The molecule has 0 heterocycles. The lowest BCUT2D eigenvalue weighted by molar-refractivity contribution is -0.121. The Balaban J connectivity index is 1.91. The molecular weight excluding hydrogens is 293 g/mol. The van der Waals surface area contributed by atoms with Gasteiger partial charge in [-0.3, -0.25) is 4.79 Å². The summed E-state index contributed by atoms with van der Waals surface area (Å²) in [6.07, 6.45) is 0.368. The van der Waals surface area contributed by atoms with E-state index in [2.05, 4.69) is 5.32 Å². The van der Waals surface area contributed by atoms with Crippen LogP contribution in [-0.2, 0) is 11.2 Å². The summed E-state index contributed by atoms with van der Waals surface area (Å²) in [5.74, 6) is 0.423. The largest absolute Gasteiger partial charge is 0.491 e. The number of nitrogens with one attached hydrogen (secondary N) is 1.